The van der Waals surface area contributed by atoms with Crippen LogP contribution in [0.2, 0.25) is 0 Å². The summed E-state index contributed by atoms with van der Waals surface area (Å²) in [6, 6.07) is 10.3. The highest BCUT2D eigenvalue weighted by Gasteiger charge is 2.37. The zero-order valence-electron chi connectivity index (χ0n) is 17.7. The molecule has 1 fully saturated rings. The summed E-state index contributed by atoms with van der Waals surface area (Å²) >= 11 is 0. The van der Waals surface area contributed by atoms with Gasteiger partial charge in [-0.05, 0) is 56.4 Å². The van der Waals surface area contributed by atoms with Crippen LogP contribution in [0.15, 0.2) is 48.8 Å². The number of likely N-dealkylation sites (tertiary alicyclic amines) is 1. The quantitative estimate of drug-likeness (QED) is 0.788. The van der Waals surface area contributed by atoms with Gasteiger partial charge in [-0.3, -0.25) is 14.7 Å². The number of amides is 2. The number of aliphatic hydroxyl groups is 1. The third kappa shape index (κ3) is 5.36. The van der Waals surface area contributed by atoms with E-state index < -0.39 is 23.8 Å². The SMILES string of the molecule is CC(C)(C)OC(=O)N1CCCC1C(=O)NC(CO)c1ccc(-c2cccnc2)cc1. The lowest BCUT2D eigenvalue weighted by Crippen LogP contribution is -2.48. The molecule has 30 heavy (non-hydrogen) atoms. The second-order valence-electron chi connectivity index (χ2n) is 8.44. The molecule has 2 amide bonds. The minimum atomic E-state index is -0.621. The molecule has 1 aromatic carbocycles. The Morgan fingerprint density at radius 1 is 1.23 bits per heavy atom. The third-order valence-corrected chi connectivity index (χ3v) is 4.99. The van der Waals surface area contributed by atoms with Gasteiger partial charge in [-0.1, -0.05) is 30.3 Å². The number of nitrogens with one attached hydrogen (secondary N) is 1. The molecule has 1 aromatic heterocycles. The van der Waals surface area contributed by atoms with Crippen molar-refractivity contribution < 1.29 is 19.4 Å². The first kappa shape index (κ1) is 21.8. The van der Waals surface area contributed by atoms with E-state index in [2.05, 4.69) is 10.3 Å². The number of aromatic nitrogens is 1. The minimum absolute atomic E-state index is 0.239. The smallest absolute Gasteiger partial charge is 0.410 e. The lowest BCUT2D eigenvalue weighted by atomic mass is 10.0. The summed E-state index contributed by atoms with van der Waals surface area (Å²) in [7, 11) is 0. The van der Waals surface area contributed by atoms with E-state index in [4.69, 9.17) is 4.74 Å². The van der Waals surface area contributed by atoms with Crippen LogP contribution in [0.5, 0.6) is 0 Å². The topological polar surface area (TPSA) is 91.8 Å². The standard InChI is InChI=1S/C23H29N3O4/c1-23(2,3)30-22(29)26-13-5-7-20(26)21(28)25-19(15-27)17-10-8-16(9-11-17)18-6-4-12-24-14-18/h4,6,8-12,14,19-20,27H,5,7,13,15H2,1-3H3,(H,25,28). The van der Waals surface area contributed by atoms with Crippen molar-refractivity contribution in [3.63, 3.8) is 0 Å². The molecule has 0 saturated carbocycles. The number of benzene rings is 1. The first-order chi connectivity index (χ1) is 14.3. The number of carbonyl (C=O) groups excluding carboxylic acids is 2. The summed E-state index contributed by atoms with van der Waals surface area (Å²) in [4.78, 5) is 30.9. The van der Waals surface area contributed by atoms with Gasteiger partial charge in [0.15, 0.2) is 0 Å². The molecular formula is C23H29N3O4. The summed E-state index contributed by atoms with van der Waals surface area (Å²) in [6.07, 6.45) is 4.33. The van der Waals surface area contributed by atoms with E-state index >= 15 is 0 Å². The third-order valence-electron chi connectivity index (χ3n) is 4.99. The number of hydrogen-bond donors (Lipinski definition) is 2. The van der Waals surface area contributed by atoms with Crippen molar-refractivity contribution in [3.05, 3.63) is 54.4 Å². The molecule has 2 heterocycles. The monoisotopic (exact) mass is 411 g/mol. The number of carbonyl (C=O) groups is 2. The molecule has 0 spiro atoms. The lowest BCUT2D eigenvalue weighted by Gasteiger charge is -2.29. The molecule has 0 radical (unpaired) electrons. The summed E-state index contributed by atoms with van der Waals surface area (Å²) in [6.45, 7) is 5.64. The molecule has 1 aliphatic rings. The molecule has 2 unspecified atom stereocenters. The summed E-state index contributed by atoms with van der Waals surface area (Å²) in [5.41, 5.74) is 2.17. The van der Waals surface area contributed by atoms with Crippen LogP contribution in [0, 0.1) is 0 Å². The molecule has 3 rings (SSSR count). The average Bonchev–Trinajstić information content (AvgIpc) is 3.22. The van der Waals surface area contributed by atoms with E-state index in [0.717, 1.165) is 23.1 Å². The maximum absolute atomic E-state index is 12.9. The van der Waals surface area contributed by atoms with Gasteiger partial charge in [-0.2, -0.15) is 0 Å². The van der Waals surface area contributed by atoms with Crippen LogP contribution in [0.3, 0.4) is 0 Å². The molecule has 7 heteroatoms. The van der Waals surface area contributed by atoms with Gasteiger partial charge in [0.1, 0.15) is 11.6 Å². The second-order valence-corrected chi connectivity index (χ2v) is 8.44. The van der Waals surface area contributed by atoms with Crippen LogP contribution in [-0.4, -0.2) is 51.8 Å². The van der Waals surface area contributed by atoms with E-state index in [0.29, 0.717) is 13.0 Å². The maximum atomic E-state index is 12.9. The summed E-state index contributed by atoms with van der Waals surface area (Å²) in [5, 5.41) is 12.7. The van der Waals surface area contributed by atoms with Crippen LogP contribution >= 0.6 is 0 Å². The van der Waals surface area contributed by atoms with Crippen molar-refractivity contribution >= 4 is 12.0 Å². The maximum Gasteiger partial charge on any atom is 0.410 e. The normalized spacial score (nSPS) is 17.5. The van der Waals surface area contributed by atoms with Crippen molar-refractivity contribution in [3.8, 4) is 11.1 Å². The Kier molecular flexibility index (Phi) is 6.72. The van der Waals surface area contributed by atoms with E-state index in [-0.39, 0.29) is 12.5 Å². The molecule has 2 atom stereocenters. The molecule has 2 aromatic rings. The predicted octanol–water partition coefficient (Wildman–Crippen LogP) is 3.30. The predicted molar refractivity (Wildman–Crippen MR) is 114 cm³/mol. The Labute approximate surface area is 177 Å². The average molecular weight is 412 g/mol. The van der Waals surface area contributed by atoms with Crippen molar-refractivity contribution in [2.75, 3.05) is 13.2 Å². The number of rotatable bonds is 5. The fourth-order valence-corrected chi connectivity index (χ4v) is 3.52. The van der Waals surface area contributed by atoms with Crippen LogP contribution in [0.4, 0.5) is 4.79 Å². The molecule has 0 aliphatic carbocycles. The largest absolute Gasteiger partial charge is 0.444 e. The fourth-order valence-electron chi connectivity index (χ4n) is 3.52. The lowest BCUT2D eigenvalue weighted by molar-refractivity contribution is -0.126. The fraction of sp³-hybridized carbons (Fsp3) is 0.435. The van der Waals surface area contributed by atoms with Crippen molar-refractivity contribution in [1.29, 1.82) is 0 Å². The number of pyridine rings is 1. The second kappa shape index (κ2) is 9.26. The van der Waals surface area contributed by atoms with Crippen molar-refractivity contribution in [2.24, 2.45) is 0 Å². The zero-order chi connectivity index (χ0) is 21.7. The summed E-state index contributed by atoms with van der Waals surface area (Å²) < 4.78 is 5.43. The highest BCUT2D eigenvalue weighted by molar-refractivity contribution is 5.86. The first-order valence-corrected chi connectivity index (χ1v) is 10.2. The van der Waals surface area contributed by atoms with Crippen LogP contribution in [0.25, 0.3) is 11.1 Å². The highest BCUT2D eigenvalue weighted by atomic mass is 16.6. The highest BCUT2D eigenvalue weighted by Crippen LogP contribution is 2.24. The van der Waals surface area contributed by atoms with Gasteiger partial charge in [0.25, 0.3) is 0 Å². The molecular weight excluding hydrogens is 382 g/mol. The van der Waals surface area contributed by atoms with Gasteiger partial charge in [-0.15, -0.1) is 0 Å². The molecule has 0 bridgehead atoms. The van der Waals surface area contributed by atoms with Gasteiger partial charge in [0.2, 0.25) is 5.91 Å². The van der Waals surface area contributed by atoms with E-state index in [9.17, 15) is 14.7 Å². The van der Waals surface area contributed by atoms with Gasteiger partial charge in [0, 0.05) is 18.9 Å². The Morgan fingerprint density at radius 2 is 1.97 bits per heavy atom. The Balaban J connectivity index is 1.67. The van der Waals surface area contributed by atoms with E-state index in [1.807, 2.05) is 36.4 Å². The molecule has 1 saturated heterocycles. The Bertz CT molecular complexity index is 862. The van der Waals surface area contributed by atoms with Gasteiger partial charge >= 0.3 is 6.09 Å². The zero-order valence-corrected chi connectivity index (χ0v) is 17.7. The molecule has 160 valence electrons. The molecule has 2 N–H and O–H groups in total. The van der Waals surface area contributed by atoms with Gasteiger partial charge < -0.3 is 15.2 Å². The van der Waals surface area contributed by atoms with Crippen LogP contribution in [0.1, 0.15) is 45.2 Å². The van der Waals surface area contributed by atoms with E-state index in [1.165, 1.54) is 4.90 Å². The number of hydrogen-bond acceptors (Lipinski definition) is 5. The van der Waals surface area contributed by atoms with Crippen molar-refractivity contribution in [1.82, 2.24) is 15.2 Å². The number of aliphatic hydroxyl groups excluding tert-OH is 1. The molecule has 1 aliphatic heterocycles. The minimum Gasteiger partial charge on any atom is -0.444 e. The first-order valence-electron chi connectivity index (χ1n) is 10.2. The summed E-state index contributed by atoms with van der Waals surface area (Å²) in [5.74, 6) is -0.284. The van der Waals surface area contributed by atoms with Gasteiger partial charge in [0.05, 0.1) is 12.6 Å². The molecule has 7 nitrogen and oxygen atoms in total. The Hall–Kier alpha value is -2.93. The van der Waals surface area contributed by atoms with Gasteiger partial charge in [-0.25, -0.2) is 4.79 Å². The van der Waals surface area contributed by atoms with E-state index in [1.54, 1.807) is 33.2 Å². The van der Waals surface area contributed by atoms with Crippen molar-refractivity contribution in [2.45, 2.75) is 51.3 Å². The van der Waals surface area contributed by atoms with Crippen LogP contribution < -0.4 is 5.32 Å². The Morgan fingerprint density at radius 3 is 2.57 bits per heavy atom. The number of nitrogens with zero attached hydrogens (tertiary/aromatic N) is 2. The number of ether oxygens (including phenoxy) is 1. The van der Waals surface area contributed by atoms with Crippen LogP contribution in [-0.2, 0) is 9.53 Å².